The summed E-state index contributed by atoms with van der Waals surface area (Å²) in [5.74, 6) is 0.860. The molecule has 1 heterocycles. The average Bonchev–Trinajstić information content (AvgIpc) is 2.98. The van der Waals surface area contributed by atoms with Crippen LogP contribution in [0.4, 0.5) is 0 Å². The number of nitrogens with one attached hydrogen (secondary N) is 1. The van der Waals surface area contributed by atoms with Crippen molar-refractivity contribution in [2.75, 3.05) is 27.7 Å². The van der Waals surface area contributed by atoms with E-state index >= 15 is 0 Å². The van der Waals surface area contributed by atoms with Crippen molar-refractivity contribution in [3.05, 3.63) is 63.9 Å². The lowest BCUT2D eigenvalue weighted by atomic mass is 10.0. The Labute approximate surface area is 170 Å². The van der Waals surface area contributed by atoms with Crippen molar-refractivity contribution < 1.29 is 13.9 Å². The molecule has 6 heteroatoms. The lowest BCUT2D eigenvalue weighted by molar-refractivity contribution is 0.0915. The molecule has 1 N–H and O–H groups in total. The molecule has 0 bridgehead atoms. The van der Waals surface area contributed by atoms with Gasteiger partial charge in [-0.15, -0.1) is 0 Å². The van der Waals surface area contributed by atoms with Crippen LogP contribution in [0, 0.1) is 13.8 Å². The number of benzene rings is 2. The molecule has 0 aliphatic heterocycles. The van der Waals surface area contributed by atoms with E-state index in [0.717, 1.165) is 27.8 Å². The van der Waals surface area contributed by atoms with Gasteiger partial charge in [0.2, 0.25) is 0 Å². The van der Waals surface area contributed by atoms with Gasteiger partial charge < -0.3 is 19.4 Å². The predicted octanol–water partition coefficient (Wildman–Crippen LogP) is 4.74. The van der Waals surface area contributed by atoms with Crippen LogP contribution >= 0.6 is 11.6 Å². The van der Waals surface area contributed by atoms with Crippen molar-refractivity contribution in [3.63, 3.8) is 0 Å². The van der Waals surface area contributed by atoms with E-state index in [1.54, 1.807) is 7.11 Å². The molecule has 1 aromatic heterocycles. The summed E-state index contributed by atoms with van der Waals surface area (Å²) in [6, 6.07) is 11.5. The van der Waals surface area contributed by atoms with E-state index < -0.39 is 0 Å². The normalized spacial score (nSPS) is 12.4. The van der Waals surface area contributed by atoms with Gasteiger partial charge in [-0.3, -0.25) is 4.79 Å². The van der Waals surface area contributed by atoms with Crippen LogP contribution in [0.25, 0.3) is 11.0 Å². The molecule has 1 atom stereocenters. The second kappa shape index (κ2) is 8.25. The second-order valence-electron chi connectivity index (χ2n) is 7.09. The van der Waals surface area contributed by atoms with E-state index in [1.807, 2.05) is 69.2 Å². The molecular weight excluding hydrogens is 376 g/mol. The monoisotopic (exact) mass is 400 g/mol. The summed E-state index contributed by atoms with van der Waals surface area (Å²) in [6.45, 7) is 4.20. The smallest absolute Gasteiger partial charge is 0.287 e. The number of furan rings is 1. The number of amides is 1. The molecule has 0 saturated heterocycles. The van der Waals surface area contributed by atoms with Gasteiger partial charge in [0.05, 0.1) is 13.2 Å². The fourth-order valence-corrected chi connectivity index (χ4v) is 3.50. The Morgan fingerprint density at radius 2 is 1.96 bits per heavy atom. The number of hydrogen-bond acceptors (Lipinski definition) is 4. The van der Waals surface area contributed by atoms with Crippen LogP contribution in [-0.2, 0) is 0 Å². The fraction of sp³-hybridized carbons (Fsp3) is 0.318. The summed E-state index contributed by atoms with van der Waals surface area (Å²) in [7, 11) is 5.59. The molecule has 148 valence electrons. The third kappa shape index (κ3) is 3.86. The third-order valence-electron chi connectivity index (χ3n) is 5.00. The minimum absolute atomic E-state index is 0.0403. The zero-order valence-electron chi connectivity index (χ0n) is 16.8. The first kappa shape index (κ1) is 20.2. The summed E-state index contributed by atoms with van der Waals surface area (Å²) >= 11 is 6.22. The van der Waals surface area contributed by atoms with Gasteiger partial charge >= 0.3 is 0 Å². The average molecular weight is 401 g/mol. The molecule has 0 fully saturated rings. The lowest BCUT2D eigenvalue weighted by Gasteiger charge is -2.26. The summed E-state index contributed by atoms with van der Waals surface area (Å²) in [5.41, 5.74) is 3.38. The third-order valence-corrected chi connectivity index (χ3v) is 5.41. The first-order valence-electron chi connectivity index (χ1n) is 9.10. The number of nitrogens with zero attached hydrogens (tertiary/aromatic N) is 1. The quantitative estimate of drug-likeness (QED) is 0.649. The number of carbonyl (C=O) groups is 1. The Morgan fingerprint density at radius 3 is 2.64 bits per heavy atom. The van der Waals surface area contributed by atoms with Gasteiger partial charge in [0.1, 0.15) is 11.3 Å². The van der Waals surface area contributed by atoms with Gasteiger partial charge in [-0.05, 0) is 51.7 Å². The lowest BCUT2D eigenvalue weighted by Crippen LogP contribution is -2.34. The van der Waals surface area contributed by atoms with Crippen molar-refractivity contribution in [1.29, 1.82) is 0 Å². The number of carbonyl (C=O) groups excluding carboxylic acids is 1. The number of aryl methyl sites for hydroxylation is 2. The molecule has 0 unspecified atom stereocenters. The van der Waals surface area contributed by atoms with Crippen LogP contribution in [0.5, 0.6) is 5.75 Å². The maximum absolute atomic E-state index is 12.8. The van der Waals surface area contributed by atoms with E-state index in [4.69, 9.17) is 20.8 Å². The number of hydrogen-bond donors (Lipinski definition) is 1. The highest BCUT2D eigenvalue weighted by Gasteiger charge is 2.22. The Hall–Kier alpha value is -2.50. The molecule has 2 aromatic carbocycles. The molecule has 28 heavy (non-hydrogen) atoms. The standard InChI is InChI=1S/C22H25ClN2O3/c1-13-10-20-16(11-17(13)23)14(2)21(28-20)22(26)24-12-18(25(3)4)15-8-6-7-9-19(15)27-5/h6-11,18H,12H2,1-5H3,(H,24,26)/t18-/m1/s1. The van der Waals surface area contributed by atoms with Crippen LogP contribution in [-0.4, -0.2) is 38.6 Å². The molecule has 0 spiro atoms. The number of methoxy groups -OCH3 is 1. The number of halogens is 1. The molecule has 0 radical (unpaired) electrons. The van der Waals surface area contributed by atoms with Crippen molar-refractivity contribution in [2.45, 2.75) is 19.9 Å². The highest BCUT2D eigenvalue weighted by Crippen LogP contribution is 2.31. The van der Waals surface area contributed by atoms with Crippen LogP contribution in [0.3, 0.4) is 0 Å². The topological polar surface area (TPSA) is 54.7 Å². The van der Waals surface area contributed by atoms with Crippen molar-refractivity contribution >= 4 is 28.5 Å². The van der Waals surface area contributed by atoms with Crippen molar-refractivity contribution in [3.8, 4) is 5.75 Å². The predicted molar refractivity (Wildman–Crippen MR) is 112 cm³/mol. The molecule has 0 saturated carbocycles. The van der Waals surface area contributed by atoms with E-state index in [2.05, 4.69) is 5.32 Å². The molecule has 0 aliphatic rings. The maximum Gasteiger partial charge on any atom is 0.287 e. The van der Waals surface area contributed by atoms with Gasteiger partial charge in [0.15, 0.2) is 5.76 Å². The van der Waals surface area contributed by atoms with E-state index in [-0.39, 0.29) is 11.9 Å². The van der Waals surface area contributed by atoms with Crippen LogP contribution in [0.1, 0.15) is 33.3 Å². The summed E-state index contributed by atoms with van der Waals surface area (Å²) in [4.78, 5) is 14.9. The van der Waals surface area contributed by atoms with Gasteiger partial charge in [0.25, 0.3) is 5.91 Å². The first-order valence-corrected chi connectivity index (χ1v) is 9.48. The van der Waals surface area contributed by atoms with E-state index in [0.29, 0.717) is 22.9 Å². The van der Waals surface area contributed by atoms with Gasteiger partial charge in [-0.2, -0.15) is 0 Å². The van der Waals surface area contributed by atoms with Crippen LogP contribution < -0.4 is 10.1 Å². The number of likely N-dealkylation sites (N-methyl/N-ethyl adjacent to an activating group) is 1. The first-order chi connectivity index (χ1) is 13.3. The largest absolute Gasteiger partial charge is 0.496 e. The van der Waals surface area contributed by atoms with E-state index in [1.165, 1.54) is 0 Å². The number of para-hydroxylation sites is 1. The molecule has 1 amide bonds. The van der Waals surface area contributed by atoms with Crippen molar-refractivity contribution in [1.82, 2.24) is 10.2 Å². The molecule has 0 aliphatic carbocycles. The Bertz CT molecular complexity index is 1010. The Morgan fingerprint density at radius 1 is 1.25 bits per heavy atom. The van der Waals surface area contributed by atoms with Crippen LogP contribution in [0.2, 0.25) is 5.02 Å². The Balaban J connectivity index is 1.84. The zero-order chi connectivity index (χ0) is 20.4. The molecule has 5 nitrogen and oxygen atoms in total. The molecule has 3 aromatic rings. The second-order valence-corrected chi connectivity index (χ2v) is 7.49. The summed E-state index contributed by atoms with van der Waals surface area (Å²) in [5, 5.41) is 4.51. The van der Waals surface area contributed by atoms with Crippen LogP contribution in [0.15, 0.2) is 40.8 Å². The van der Waals surface area contributed by atoms with Gasteiger partial charge in [0, 0.05) is 28.1 Å². The minimum Gasteiger partial charge on any atom is -0.496 e. The highest BCUT2D eigenvalue weighted by atomic mass is 35.5. The van der Waals surface area contributed by atoms with E-state index in [9.17, 15) is 4.79 Å². The summed E-state index contributed by atoms with van der Waals surface area (Å²) < 4.78 is 11.3. The van der Waals surface area contributed by atoms with Gasteiger partial charge in [-0.25, -0.2) is 0 Å². The minimum atomic E-state index is -0.246. The molecular formula is C22H25ClN2O3. The van der Waals surface area contributed by atoms with Crippen molar-refractivity contribution in [2.24, 2.45) is 0 Å². The highest BCUT2D eigenvalue weighted by molar-refractivity contribution is 6.32. The number of ether oxygens (including phenoxy) is 1. The SMILES string of the molecule is COc1ccccc1[C@@H](CNC(=O)c1oc2cc(C)c(Cl)cc2c1C)N(C)C. The Kier molecular flexibility index (Phi) is 5.96. The maximum atomic E-state index is 12.8. The molecule has 3 rings (SSSR count). The zero-order valence-corrected chi connectivity index (χ0v) is 17.6. The summed E-state index contributed by atoms with van der Waals surface area (Å²) in [6.07, 6.45) is 0. The fourth-order valence-electron chi connectivity index (χ4n) is 3.34. The number of fused-ring (bicyclic) bond motifs is 1. The number of rotatable bonds is 6. The van der Waals surface area contributed by atoms with Gasteiger partial charge in [-0.1, -0.05) is 29.8 Å².